The van der Waals surface area contributed by atoms with Gasteiger partial charge in [0.25, 0.3) is 0 Å². The van der Waals surface area contributed by atoms with Crippen molar-refractivity contribution < 1.29 is 5.11 Å². The Morgan fingerprint density at radius 2 is 1.91 bits per heavy atom. The average Bonchev–Trinajstić information content (AvgIpc) is 2.89. The van der Waals surface area contributed by atoms with E-state index >= 15 is 0 Å². The van der Waals surface area contributed by atoms with E-state index in [0.29, 0.717) is 0 Å². The number of aromatic nitrogens is 2. The third kappa shape index (κ3) is 1.88. The SMILES string of the molecule is Cc1ccc2c(c1)-c1cc(C)nn1[C@@H](c1ccccc1O)N2. The zero-order chi connectivity index (χ0) is 15.3. The van der Waals surface area contributed by atoms with E-state index in [0.717, 1.165) is 28.2 Å². The Balaban J connectivity index is 1.94. The van der Waals surface area contributed by atoms with E-state index in [9.17, 15) is 5.11 Å². The van der Waals surface area contributed by atoms with Crippen molar-refractivity contribution >= 4 is 5.69 Å². The monoisotopic (exact) mass is 291 g/mol. The quantitative estimate of drug-likeness (QED) is 0.716. The van der Waals surface area contributed by atoms with Crippen LogP contribution in [-0.2, 0) is 0 Å². The topological polar surface area (TPSA) is 50.1 Å². The summed E-state index contributed by atoms with van der Waals surface area (Å²) in [5.74, 6) is 0.273. The van der Waals surface area contributed by atoms with E-state index in [1.165, 1.54) is 5.56 Å². The van der Waals surface area contributed by atoms with E-state index < -0.39 is 0 Å². The molecule has 0 saturated carbocycles. The number of phenols is 1. The molecule has 0 bridgehead atoms. The van der Waals surface area contributed by atoms with E-state index in [-0.39, 0.29) is 11.9 Å². The van der Waals surface area contributed by atoms with E-state index in [2.05, 4.69) is 41.6 Å². The van der Waals surface area contributed by atoms with Crippen LogP contribution in [0.3, 0.4) is 0 Å². The molecule has 110 valence electrons. The van der Waals surface area contributed by atoms with Crippen molar-refractivity contribution in [1.29, 1.82) is 0 Å². The average molecular weight is 291 g/mol. The van der Waals surface area contributed by atoms with Crippen LogP contribution in [0.2, 0.25) is 0 Å². The van der Waals surface area contributed by atoms with Gasteiger partial charge in [0.1, 0.15) is 5.75 Å². The second-order valence-electron chi connectivity index (χ2n) is 5.77. The molecule has 2 N–H and O–H groups in total. The van der Waals surface area contributed by atoms with Gasteiger partial charge < -0.3 is 10.4 Å². The van der Waals surface area contributed by atoms with Crippen LogP contribution in [0.4, 0.5) is 5.69 Å². The fourth-order valence-corrected chi connectivity index (χ4v) is 3.05. The highest BCUT2D eigenvalue weighted by Gasteiger charge is 2.27. The van der Waals surface area contributed by atoms with Crippen LogP contribution < -0.4 is 5.32 Å². The van der Waals surface area contributed by atoms with Crippen molar-refractivity contribution in [1.82, 2.24) is 9.78 Å². The summed E-state index contributed by atoms with van der Waals surface area (Å²) in [5, 5.41) is 18.3. The lowest BCUT2D eigenvalue weighted by Crippen LogP contribution is -2.25. The van der Waals surface area contributed by atoms with Gasteiger partial charge >= 0.3 is 0 Å². The van der Waals surface area contributed by atoms with Crippen LogP contribution >= 0.6 is 0 Å². The Kier molecular flexibility index (Phi) is 2.73. The molecule has 4 nitrogen and oxygen atoms in total. The molecule has 1 aliphatic rings. The molecule has 0 aliphatic carbocycles. The highest BCUT2D eigenvalue weighted by atomic mass is 16.3. The second kappa shape index (κ2) is 4.63. The molecule has 1 aromatic heterocycles. The first kappa shape index (κ1) is 13.0. The van der Waals surface area contributed by atoms with E-state index in [1.54, 1.807) is 6.07 Å². The summed E-state index contributed by atoms with van der Waals surface area (Å²) in [5.41, 5.74) is 6.28. The largest absolute Gasteiger partial charge is 0.508 e. The van der Waals surface area contributed by atoms with Crippen LogP contribution in [0.15, 0.2) is 48.5 Å². The Hall–Kier alpha value is -2.75. The van der Waals surface area contributed by atoms with Gasteiger partial charge in [-0.3, -0.25) is 0 Å². The molecule has 2 aromatic carbocycles. The van der Waals surface area contributed by atoms with E-state index in [1.807, 2.05) is 29.8 Å². The third-order valence-electron chi connectivity index (χ3n) is 4.08. The highest BCUT2D eigenvalue weighted by molar-refractivity contribution is 5.79. The molecular weight excluding hydrogens is 274 g/mol. The number of nitrogens with one attached hydrogen (secondary N) is 1. The first-order chi connectivity index (χ1) is 10.6. The number of anilines is 1. The molecule has 1 atom stereocenters. The van der Waals surface area contributed by atoms with Gasteiger partial charge in [0.2, 0.25) is 0 Å². The predicted octanol–water partition coefficient (Wildman–Crippen LogP) is 3.84. The van der Waals surface area contributed by atoms with Gasteiger partial charge in [-0.1, -0.05) is 29.8 Å². The number of phenolic OH excluding ortho intramolecular Hbond substituents is 1. The van der Waals surface area contributed by atoms with Crippen molar-refractivity contribution in [3.63, 3.8) is 0 Å². The molecule has 3 aromatic rings. The fraction of sp³-hybridized carbons (Fsp3) is 0.167. The zero-order valence-electron chi connectivity index (χ0n) is 12.5. The minimum absolute atomic E-state index is 0.208. The Morgan fingerprint density at radius 1 is 1.09 bits per heavy atom. The van der Waals surface area contributed by atoms with Gasteiger partial charge in [-0.2, -0.15) is 5.10 Å². The fourth-order valence-electron chi connectivity index (χ4n) is 3.05. The van der Waals surface area contributed by atoms with Crippen LogP contribution in [0.25, 0.3) is 11.3 Å². The molecule has 4 heteroatoms. The number of hydrogen-bond donors (Lipinski definition) is 2. The molecule has 22 heavy (non-hydrogen) atoms. The number of para-hydroxylation sites is 1. The Labute approximate surface area is 129 Å². The first-order valence-corrected chi connectivity index (χ1v) is 7.35. The third-order valence-corrected chi connectivity index (χ3v) is 4.08. The normalized spacial score (nSPS) is 15.8. The van der Waals surface area contributed by atoms with Gasteiger partial charge in [0.15, 0.2) is 6.17 Å². The Bertz CT molecular complexity index is 867. The standard InChI is InChI=1S/C18H17N3O/c1-11-7-8-15-14(9-11)16-10-12(2)20-21(16)18(19-15)13-5-3-4-6-17(13)22/h3-10,18-19,22H,1-2H3/t18-/m0/s1. The molecule has 0 amide bonds. The van der Waals surface area contributed by atoms with Crippen molar-refractivity contribution in [2.45, 2.75) is 20.0 Å². The summed E-state index contributed by atoms with van der Waals surface area (Å²) in [6, 6.07) is 15.8. The zero-order valence-corrected chi connectivity index (χ0v) is 12.5. The van der Waals surface area contributed by atoms with Crippen molar-refractivity contribution in [2.24, 2.45) is 0 Å². The lowest BCUT2D eigenvalue weighted by Gasteiger charge is -2.29. The lowest BCUT2D eigenvalue weighted by molar-refractivity contribution is 0.452. The maximum Gasteiger partial charge on any atom is 0.150 e. The number of fused-ring (bicyclic) bond motifs is 3. The maximum absolute atomic E-state index is 10.2. The van der Waals surface area contributed by atoms with Crippen LogP contribution in [0.1, 0.15) is 23.0 Å². The van der Waals surface area contributed by atoms with Crippen LogP contribution in [0.5, 0.6) is 5.75 Å². The highest BCUT2D eigenvalue weighted by Crippen LogP contribution is 2.40. The van der Waals surface area contributed by atoms with Gasteiger partial charge in [-0.15, -0.1) is 0 Å². The summed E-state index contributed by atoms with van der Waals surface area (Å²) in [4.78, 5) is 0. The van der Waals surface area contributed by atoms with Gasteiger partial charge in [0, 0.05) is 16.8 Å². The number of aromatic hydroxyl groups is 1. The number of rotatable bonds is 1. The van der Waals surface area contributed by atoms with Crippen molar-refractivity contribution in [3.8, 4) is 17.0 Å². The maximum atomic E-state index is 10.2. The van der Waals surface area contributed by atoms with Crippen LogP contribution in [-0.4, -0.2) is 14.9 Å². The second-order valence-corrected chi connectivity index (χ2v) is 5.77. The molecule has 0 radical (unpaired) electrons. The molecule has 4 rings (SSSR count). The number of benzene rings is 2. The summed E-state index contributed by atoms with van der Waals surface area (Å²) in [6.07, 6.45) is -0.208. The summed E-state index contributed by atoms with van der Waals surface area (Å²) in [7, 11) is 0. The first-order valence-electron chi connectivity index (χ1n) is 7.35. The van der Waals surface area contributed by atoms with Gasteiger partial charge in [0.05, 0.1) is 11.4 Å². The lowest BCUT2D eigenvalue weighted by atomic mass is 10.0. The van der Waals surface area contributed by atoms with Crippen molar-refractivity contribution in [2.75, 3.05) is 5.32 Å². The molecule has 1 aliphatic heterocycles. The Morgan fingerprint density at radius 3 is 2.73 bits per heavy atom. The smallest absolute Gasteiger partial charge is 0.150 e. The van der Waals surface area contributed by atoms with Gasteiger partial charge in [-0.25, -0.2) is 4.68 Å². The van der Waals surface area contributed by atoms with Crippen molar-refractivity contribution in [3.05, 3.63) is 65.4 Å². The minimum atomic E-state index is -0.208. The summed E-state index contributed by atoms with van der Waals surface area (Å²) >= 11 is 0. The molecule has 0 fully saturated rings. The number of hydrogen-bond acceptors (Lipinski definition) is 3. The molecule has 2 heterocycles. The number of nitrogens with zero attached hydrogens (tertiary/aromatic N) is 2. The summed E-state index contributed by atoms with van der Waals surface area (Å²) in [6.45, 7) is 4.08. The molecule has 0 spiro atoms. The number of aryl methyl sites for hydroxylation is 2. The molecular formula is C18H17N3O. The summed E-state index contributed by atoms with van der Waals surface area (Å²) < 4.78 is 1.95. The molecule has 0 unspecified atom stereocenters. The van der Waals surface area contributed by atoms with E-state index in [4.69, 9.17) is 0 Å². The predicted molar refractivity (Wildman–Crippen MR) is 87.0 cm³/mol. The molecule has 0 saturated heterocycles. The van der Waals surface area contributed by atoms with Crippen LogP contribution in [0, 0.1) is 13.8 Å². The van der Waals surface area contributed by atoms with Gasteiger partial charge in [-0.05, 0) is 38.1 Å². The minimum Gasteiger partial charge on any atom is -0.508 e.